The quantitative estimate of drug-likeness (QED) is 0.709. The zero-order valence-corrected chi connectivity index (χ0v) is 8.41. The number of imide groups is 1. The number of aryl methyl sites for hydroxylation is 1. The summed E-state index contributed by atoms with van der Waals surface area (Å²) >= 11 is 0. The van der Waals surface area contributed by atoms with Gasteiger partial charge in [-0.1, -0.05) is 31.2 Å². The number of rotatable bonds is 2. The number of carbonyl (C=O) groups excluding carboxylic acids is 2. The van der Waals surface area contributed by atoms with Gasteiger partial charge in [-0.15, -0.1) is 0 Å². The predicted molar refractivity (Wildman–Crippen MR) is 55.2 cm³/mol. The first-order valence-corrected chi connectivity index (χ1v) is 4.91. The Hall–Kier alpha value is -1.84. The maximum atomic E-state index is 11.3. The number of nitrogens with one attached hydrogen (secondary N) is 2. The molecule has 15 heavy (non-hydrogen) atoms. The van der Waals surface area contributed by atoms with E-state index in [-0.39, 0.29) is 5.91 Å². The molecule has 4 heteroatoms. The lowest BCUT2D eigenvalue weighted by molar-refractivity contribution is -0.120. The summed E-state index contributed by atoms with van der Waals surface area (Å²) in [5, 5.41) is 4.76. The van der Waals surface area contributed by atoms with Crippen molar-refractivity contribution in [2.75, 3.05) is 0 Å². The number of benzene rings is 1. The Balaban J connectivity index is 2.22. The second kappa shape index (κ2) is 3.73. The highest BCUT2D eigenvalue weighted by Crippen LogP contribution is 2.17. The first-order chi connectivity index (χ1) is 7.20. The Morgan fingerprint density at radius 2 is 1.87 bits per heavy atom. The van der Waals surface area contributed by atoms with Gasteiger partial charge in [0.25, 0.3) is 5.91 Å². The fourth-order valence-corrected chi connectivity index (χ4v) is 1.60. The molecule has 0 bridgehead atoms. The molecule has 1 atom stereocenters. The van der Waals surface area contributed by atoms with E-state index in [4.69, 9.17) is 0 Å². The molecule has 0 radical (unpaired) electrons. The van der Waals surface area contributed by atoms with Crippen LogP contribution in [0, 0.1) is 0 Å². The standard InChI is InChI=1S/C11H12N2O2/c1-2-7-3-5-8(6-4-7)9-10(14)13-11(15)12-9/h3-6,9H,2H2,1H3,(H2,12,13,14,15). The Kier molecular flexibility index (Phi) is 2.41. The van der Waals surface area contributed by atoms with Crippen LogP contribution in [0.15, 0.2) is 24.3 Å². The summed E-state index contributed by atoms with van der Waals surface area (Å²) in [6.07, 6.45) is 0.962. The van der Waals surface area contributed by atoms with Gasteiger partial charge in [0.1, 0.15) is 6.04 Å². The third kappa shape index (κ3) is 1.83. The molecule has 1 aromatic carbocycles. The lowest BCUT2D eigenvalue weighted by Crippen LogP contribution is -2.22. The van der Waals surface area contributed by atoms with Crippen LogP contribution in [0.5, 0.6) is 0 Å². The average molecular weight is 204 g/mol. The smallest absolute Gasteiger partial charge is 0.322 e. The van der Waals surface area contributed by atoms with E-state index in [9.17, 15) is 9.59 Å². The Bertz CT molecular complexity index is 398. The maximum absolute atomic E-state index is 11.3. The molecule has 0 aliphatic carbocycles. The van der Waals surface area contributed by atoms with Crippen molar-refractivity contribution < 1.29 is 9.59 Å². The number of urea groups is 1. The van der Waals surface area contributed by atoms with E-state index in [1.165, 1.54) is 5.56 Å². The van der Waals surface area contributed by atoms with Crippen molar-refractivity contribution in [2.45, 2.75) is 19.4 Å². The van der Waals surface area contributed by atoms with E-state index in [2.05, 4.69) is 17.6 Å². The molecule has 1 fully saturated rings. The van der Waals surface area contributed by atoms with Gasteiger partial charge in [-0.2, -0.15) is 0 Å². The summed E-state index contributed by atoms with van der Waals surface area (Å²) in [7, 11) is 0. The Morgan fingerprint density at radius 1 is 1.20 bits per heavy atom. The van der Waals surface area contributed by atoms with Crippen LogP contribution in [-0.4, -0.2) is 11.9 Å². The van der Waals surface area contributed by atoms with Crippen LogP contribution in [0.25, 0.3) is 0 Å². The fraction of sp³-hybridized carbons (Fsp3) is 0.273. The van der Waals surface area contributed by atoms with Gasteiger partial charge in [0, 0.05) is 0 Å². The lowest BCUT2D eigenvalue weighted by atomic mass is 10.0. The summed E-state index contributed by atoms with van der Waals surface area (Å²) < 4.78 is 0. The van der Waals surface area contributed by atoms with Gasteiger partial charge in [0.15, 0.2) is 0 Å². The SMILES string of the molecule is CCc1ccc(C2NC(=O)NC2=O)cc1. The van der Waals surface area contributed by atoms with E-state index in [0.29, 0.717) is 0 Å². The molecular weight excluding hydrogens is 192 g/mol. The van der Waals surface area contributed by atoms with Crippen LogP contribution in [0.3, 0.4) is 0 Å². The molecule has 0 aromatic heterocycles. The zero-order chi connectivity index (χ0) is 10.8. The van der Waals surface area contributed by atoms with Crippen LogP contribution < -0.4 is 10.6 Å². The molecule has 0 spiro atoms. The molecule has 1 heterocycles. The molecule has 78 valence electrons. The zero-order valence-electron chi connectivity index (χ0n) is 8.41. The van der Waals surface area contributed by atoms with Crippen LogP contribution in [0.1, 0.15) is 24.1 Å². The fourth-order valence-electron chi connectivity index (χ4n) is 1.60. The molecule has 1 unspecified atom stereocenters. The van der Waals surface area contributed by atoms with Crippen LogP contribution >= 0.6 is 0 Å². The van der Waals surface area contributed by atoms with Gasteiger partial charge < -0.3 is 5.32 Å². The largest absolute Gasteiger partial charge is 0.322 e. The normalized spacial score (nSPS) is 19.9. The third-order valence-electron chi connectivity index (χ3n) is 2.50. The predicted octanol–water partition coefficient (Wildman–Crippen LogP) is 1.13. The molecule has 1 aliphatic rings. The first kappa shape index (κ1) is 9.71. The van der Waals surface area contributed by atoms with Crippen molar-refractivity contribution >= 4 is 11.9 Å². The highest BCUT2D eigenvalue weighted by atomic mass is 16.2. The van der Waals surface area contributed by atoms with Crippen molar-refractivity contribution in [3.05, 3.63) is 35.4 Å². The minimum absolute atomic E-state index is 0.288. The van der Waals surface area contributed by atoms with Gasteiger partial charge in [0.05, 0.1) is 0 Å². The Morgan fingerprint density at radius 3 is 2.33 bits per heavy atom. The summed E-state index contributed by atoms with van der Waals surface area (Å²) in [5.74, 6) is -0.288. The van der Waals surface area contributed by atoms with E-state index < -0.39 is 12.1 Å². The summed E-state index contributed by atoms with van der Waals surface area (Å²) in [4.78, 5) is 22.3. The van der Waals surface area contributed by atoms with Crippen molar-refractivity contribution in [1.82, 2.24) is 10.6 Å². The molecule has 2 N–H and O–H groups in total. The van der Waals surface area contributed by atoms with Crippen LogP contribution in [0.2, 0.25) is 0 Å². The van der Waals surface area contributed by atoms with Crippen molar-refractivity contribution in [2.24, 2.45) is 0 Å². The molecule has 4 nitrogen and oxygen atoms in total. The van der Waals surface area contributed by atoms with E-state index in [1.807, 2.05) is 24.3 Å². The van der Waals surface area contributed by atoms with E-state index in [1.54, 1.807) is 0 Å². The number of carbonyl (C=O) groups is 2. The molecule has 1 saturated heterocycles. The van der Waals surface area contributed by atoms with Crippen molar-refractivity contribution in [3.63, 3.8) is 0 Å². The topological polar surface area (TPSA) is 58.2 Å². The number of hydrogen-bond acceptors (Lipinski definition) is 2. The molecule has 3 amide bonds. The second-order valence-corrected chi connectivity index (χ2v) is 3.49. The molecule has 1 aliphatic heterocycles. The van der Waals surface area contributed by atoms with Gasteiger partial charge in [-0.3, -0.25) is 10.1 Å². The average Bonchev–Trinajstić information content (AvgIpc) is 2.58. The summed E-state index contributed by atoms with van der Waals surface area (Å²) in [6, 6.07) is 6.71. The highest BCUT2D eigenvalue weighted by molar-refractivity contribution is 6.04. The minimum Gasteiger partial charge on any atom is -0.322 e. The van der Waals surface area contributed by atoms with Gasteiger partial charge in [-0.05, 0) is 17.5 Å². The molecular formula is C11H12N2O2. The van der Waals surface area contributed by atoms with E-state index >= 15 is 0 Å². The van der Waals surface area contributed by atoms with Gasteiger partial charge in [0.2, 0.25) is 0 Å². The highest BCUT2D eigenvalue weighted by Gasteiger charge is 2.30. The molecule has 0 saturated carbocycles. The third-order valence-corrected chi connectivity index (χ3v) is 2.50. The van der Waals surface area contributed by atoms with Crippen molar-refractivity contribution in [1.29, 1.82) is 0 Å². The van der Waals surface area contributed by atoms with E-state index in [0.717, 1.165) is 12.0 Å². The van der Waals surface area contributed by atoms with Gasteiger partial charge in [-0.25, -0.2) is 4.79 Å². The Labute approximate surface area is 87.7 Å². The lowest BCUT2D eigenvalue weighted by Gasteiger charge is -2.07. The minimum atomic E-state index is -0.539. The second-order valence-electron chi connectivity index (χ2n) is 3.49. The summed E-state index contributed by atoms with van der Waals surface area (Å²) in [5.41, 5.74) is 2.03. The van der Waals surface area contributed by atoms with Crippen LogP contribution in [-0.2, 0) is 11.2 Å². The van der Waals surface area contributed by atoms with Crippen molar-refractivity contribution in [3.8, 4) is 0 Å². The molecule has 1 aromatic rings. The van der Waals surface area contributed by atoms with Gasteiger partial charge >= 0.3 is 6.03 Å². The number of amides is 3. The molecule has 2 rings (SSSR count). The van der Waals surface area contributed by atoms with Crippen LogP contribution in [0.4, 0.5) is 4.79 Å². The first-order valence-electron chi connectivity index (χ1n) is 4.91. The monoisotopic (exact) mass is 204 g/mol. The summed E-state index contributed by atoms with van der Waals surface area (Å²) in [6.45, 7) is 2.07. The maximum Gasteiger partial charge on any atom is 0.322 e. The number of hydrogen-bond donors (Lipinski definition) is 2.